The Morgan fingerprint density at radius 2 is 1.42 bits per heavy atom. The molecule has 0 amide bonds. The van der Waals surface area contributed by atoms with Crippen molar-refractivity contribution in [3.63, 3.8) is 0 Å². The number of esters is 1. The van der Waals surface area contributed by atoms with Crippen LogP contribution < -0.4 is 0 Å². The van der Waals surface area contributed by atoms with E-state index >= 15 is 0 Å². The van der Waals surface area contributed by atoms with Crippen molar-refractivity contribution in [2.45, 2.75) is 44.7 Å². The Morgan fingerprint density at radius 1 is 1.00 bits per heavy atom. The SMILES string of the molecule is C=CCOC(=O)C(O)(C(=O)C(C)O)C(C(=O)C(C)O)C(=O)C(C)O. The van der Waals surface area contributed by atoms with Crippen LogP contribution in [0.3, 0.4) is 0 Å². The standard InChI is InChI=1S/C15H22O9/c1-5-6-24-14(22)15(23,13(21)9(4)18)10(11(19)7(2)16)12(20)8(3)17/h5,7-10,16-18,23H,1,6H2,2-4H3. The molecule has 0 aliphatic carbocycles. The summed E-state index contributed by atoms with van der Waals surface area (Å²) in [4.78, 5) is 48.6. The summed E-state index contributed by atoms with van der Waals surface area (Å²) < 4.78 is 4.56. The molecule has 0 bridgehead atoms. The molecule has 0 aromatic carbocycles. The summed E-state index contributed by atoms with van der Waals surface area (Å²) in [5, 5.41) is 38.9. The fraction of sp³-hybridized carbons (Fsp3) is 0.600. The molecule has 0 rings (SSSR count). The Hall–Kier alpha value is -1.94. The molecule has 0 aliphatic heterocycles. The van der Waals surface area contributed by atoms with Crippen molar-refractivity contribution in [2.24, 2.45) is 5.92 Å². The van der Waals surface area contributed by atoms with Gasteiger partial charge in [0, 0.05) is 0 Å². The van der Waals surface area contributed by atoms with Gasteiger partial charge >= 0.3 is 5.97 Å². The molecule has 0 saturated heterocycles. The average Bonchev–Trinajstić information content (AvgIpc) is 2.50. The first-order chi connectivity index (χ1) is 10.9. The maximum atomic E-state index is 12.2. The van der Waals surface area contributed by atoms with Crippen LogP contribution >= 0.6 is 0 Å². The largest absolute Gasteiger partial charge is 0.459 e. The van der Waals surface area contributed by atoms with E-state index in [0.717, 1.165) is 26.8 Å². The first-order valence-electron chi connectivity index (χ1n) is 7.09. The number of hydrogen-bond acceptors (Lipinski definition) is 9. The number of rotatable bonds is 10. The molecule has 0 spiro atoms. The maximum absolute atomic E-state index is 12.2. The van der Waals surface area contributed by atoms with Gasteiger partial charge < -0.3 is 25.2 Å². The summed E-state index contributed by atoms with van der Waals surface area (Å²) in [5.41, 5.74) is -3.40. The van der Waals surface area contributed by atoms with E-state index in [4.69, 9.17) is 0 Å². The Kier molecular flexibility index (Phi) is 8.07. The molecule has 0 aliphatic rings. The zero-order valence-electron chi connectivity index (χ0n) is 13.6. The van der Waals surface area contributed by atoms with Crippen LogP contribution in [0, 0.1) is 5.92 Å². The molecule has 0 aromatic rings. The molecule has 136 valence electrons. The first kappa shape index (κ1) is 22.1. The van der Waals surface area contributed by atoms with Crippen molar-refractivity contribution in [3.8, 4) is 0 Å². The van der Waals surface area contributed by atoms with Crippen LogP contribution in [-0.2, 0) is 23.9 Å². The van der Waals surface area contributed by atoms with Gasteiger partial charge in [-0.1, -0.05) is 12.7 Å². The summed E-state index contributed by atoms with van der Waals surface area (Å²) in [5.74, 6) is -8.47. The summed E-state index contributed by atoms with van der Waals surface area (Å²) in [6.07, 6.45) is -4.50. The van der Waals surface area contributed by atoms with Crippen LogP contribution in [0.4, 0.5) is 0 Å². The summed E-state index contributed by atoms with van der Waals surface area (Å²) in [6.45, 7) is 5.62. The second kappa shape index (κ2) is 8.78. The van der Waals surface area contributed by atoms with Gasteiger partial charge in [-0.05, 0) is 20.8 Å². The van der Waals surface area contributed by atoms with E-state index in [1.54, 1.807) is 0 Å². The minimum atomic E-state index is -3.40. The van der Waals surface area contributed by atoms with Crippen molar-refractivity contribution < 1.29 is 44.3 Å². The molecule has 9 heteroatoms. The number of ketones is 3. The summed E-state index contributed by atoms with van der Waals surface area (Å²) >= 11 is 0. The third-order valence-corrected chi connectivity index (χ3v) is 3.21. The molecule has 0 saturated carbocycles. The third kappa shape index (κ3) is 4.54. The van der Waals surface area contributed by atoms with E-state index in [1.807, 2.05) is 0 Å². The van der Waals surface area contributed by atoms with Gasteiger partial charge in [0.05, 0.1) is 0 Å². The van der Waals surface area contributed by atoms with Gasteiger partial charge in [0.1, 0.15) is 30.8 Å². The average molecular weight is 346 g/mol. The van der Waals surface area contributed by atoms with Crippen LogP contribution in [0.2, 0.25) is 0 Å². The highest BCUT2D eigenvalue weighted by Crippen LogP contribution is 2.27. The molecule has 0 fully saturated rings. The summed E-state index contributed by atoms with van der Waals surface area (Å²) in [7, 11) is 0. The predicted molar refractivity (Wildman–Crippen MR) is 79.7 cm³/mol. The fourth-order valence-corrected chi connectivity index (χ4v) is 1.96. The fourth-order valence-electron chi connectivity index (χ4n) is 1.96. The quantitative estimate of drug-likeness (QED) is 0.198. The third-order valence-electron chi connectivity index (χ3n) is 3.21. The Balaban J connectivity index is 6.32. The number of aliphatic hydroxyl groups is 4. The number of ether oxygens (including phenoxy) is 1. The zero-order chi connectivity index (χ0) is 19.2. The molecule has 0 radical (unpaired) electrons. The van der Waals surface area contributed by atoms with E-state index in [1.165, 1.54) is 0 Å². The van der Waals surface area contributed by atoms with Gasteiger partial charge in [0.2, 0.25) is 11.4 Å². The molecule has 4 unspecified atom stereocenters. The van der Waals surface area contributed by atoms with E-state index in [0.29, 0.717) is 0 Å². The predicted octanol–water partition coefficient (Wildman–Crippen LogP) is -2.09. The highest BCUT2D eigenvalue weighted by Gasteiger charge is 2.59. The lowest BCUT2D eigenvalue weighted by Crippen LogP contribution is -2.63. The number of aliphatic hydroxyl groups excluding tert-OH is 3. The Bertz CT molecular complexity index is 501. The van der Waals surface area contributed by atoms with Crippen molar-refractivity contribution in [2.75, 3.05) is 6.61 Å². The van der Waals surface area contributed by atoms with Crippen LogP contribution in [0.25, 0.3) is 0 Å². The second-order valence-corrected chi connectivity index (χ2v) is 5.28. The van der Waals surface area contributed by atoms with E-state index in [9.17, 15) is 39.6 Å². The number of hydrogen-bond donors (Lipinski definition) is 4. The number of Topliss-reactive ketones (excluding diaryl/α,β-unsaturated/α-hetero) is 3. The summed E-state index contributed by atoms with van der Waals surface area (Å²) in [6, 6.07) is 0. The Morgan fingerprint density at radius 3 is 1.71 bits per heavy atom. The van der Waals surface area contributed by atoms with Gasteiger partial charge in [-0.15, -0.1) is 0 Å². The maximum Gasteiger partial charge on any atom is 0.347 e. The monoisotopic (exact) mass is 346 g/mol. The molecule has 4 N–H and O–H groups in total. The minimum Gasteiger partial charge on any atom is -0.459 e. The molecular weight excluding hydrogens is 324 g/mol. The van der Waals surface area contributed by atoms with Gasteiger partial charge in [0.15, 0.2) is 11.6 Å². The van der Waals surface area contributed by atoms with Crippen molar-refractivity contribution in [1.82, 2.24) is 0 Å². The Labute approximate surface area is 138 Å². The van der Waals surface area contributed by atoms with Gasteiger partial charge in [-0.3, -0.25) is 14.4 Å². The van der Waals surface area contributed by atoms with Gasteiger partial charge in [-0.25, -0.2) is 4.79 Å². The van der Waals surface area contributed by atoms with Crippen LogP contribution in [0.15, 0.2) is 12.7 Å². The van der Waals surface area contributed by atoms with Crippen LogP contribution in [0.5, 0.6) is 0 Å². The highest BCUT2D eigenvalue weighted by atomic mass is 16.6. The molecule has 9 nitrogen and oxygen atoms in total. The number of carbonyl (C=O) groups is 4. The molecular formula is C15H22O9. The molecule has 24 heavy (non-hydrogen) atoms. The number of carbonyl (C=O) groups excluding carboxylic acids is 4. The lowest BCUT2D eigenvalue weighted by atomic mass is 9.74. The minimum absolute atomic E-state index is 0.452. The lowest BCUT2D eigenvalue weighted by Gasteiger charge is -2.32. The van der Waals surface area contributed by atoms with Gasteiger partial charge in [-0.2, -0.15) is 0 Å². The lowest BCUT2D eigenvalue weighted by molar-refractivity contribution is -0.185. The van der Waals surface area contributed by atoms with Crippen LogP contribution in [-0.4, -0.2) is 74.3 Å². The van der Waals surface area contributed by atoms with E-state index in [2.05, 4.69) is 11.3 Å². The second-order valence-electron chi connectivity index (χ2n) is 5.28. The molecule has 4 atom stereocenters. The van der Waals surface area contributed by atoms with Crippen molar-refractivity contribution >= 4 is 23.3 Å². The smallest absolute Gasteiger partial charge is 0.347 e. The molecule has 0 aromatic heterocycles. The molecule has 0 heterocycles. The van der Waals surface area contributed by atoms with E-state index < -0.39 is 59.8 Å². The topological polar surface area (TPSA) is 158 Å². The van der Waals surface area contributed by atoms with Gasteiger partial charge in [0.25, 0.3) is 0 Å². The normalized spacial score (nSPS) is 18.5. The van der Waals surface area contributed by atoms with Crippen molar-refractivity contribution in [1.29, 1.82) is 0 Å². The first-order valence-corrected chi connectivity index (χ1v) is 7.09. The van der Waals surface area contributed by atoms with E-state index in [-0.39, 0.29) is 0 Å². The van der Waals surface area contributed by atoms with Crippen LogP contribution in [0.1, 0.15) is 20.8 Å². The van der Waals surface area contributed by atoms with Crippen molar-refractivity contribution in [3.05, 3.63) is 12.7 Å². The zero-order valence-corrected chi connectivity index (χ0v) is 13.6. The highest BCUT2D eigenvalue weighted by molar-refractivity contribution is 6.20.